The number of hydrogen-bond acceptors (Lipinski definition) is 3. The lowest BCUT2D eigenvalue weighted by molar-refractivity contribution is -0.138. The molecular weight excluding hydrogens is 342 g/mol. The van der Waals surface area contributed by atoms with Crippen LogP contribution in [0.25, 0.3) is 11.1 Å². The van der Waals surface area contributed by atoms with E-state index in [0.29, 0.717) is 0 Å². The second-order valence-corrected chi connectivity index (χ2v) is 7.37. The Morgan fingerprint density at radius 1 is 1.00 bits per heavy atom. The Morgan fingerprint density at radius 3 is 2.26 bits per heavy atom. The van der Waals surface area contributed by atoms with Crippen molar-refractivity contribution in [1.29, 1.82) is 0 Å². The van der Waals surface area contributed by atoms with Crippen LogP contribution >= 0.6 is 0 Å². The molecule has 0 saturated heterocycles. The number of alkyl carbamates (subject to hydrolysis) is 1. The van der Waals surface area contributed by atoms with Gasteiger partial charge in [-0.2, -0.15) is 0 Å². The minimum Gasteiger partial charge on any atom is -0.481 e. The Balaban J connectivity index is 1.42. The smallest absolute Gasteiger partial charge is 0.407 e. The summed E-state index contributed by atoms with van der Waals surface area (Å²) in [7, 11) is 0. The van der Waals surface area contributed by atoms with Crippen LogP contribution in [0.2, 0.25) is 0 Å². The topological polar surface area (TPSA) is 75.6 Å². The first-order valence-corrected chi connectivity index (χ1v) is 9.47. The van der Waals surface area contributed by atoms with E-state index in [4.69, 9.17) is 9.84 Å². The molecule has 2 aliphatic rings. The number of carbonyl (C=O) groups excluding carboxylic acids is 1. The number of carbonyl (C=O) groups is 2. The second-order valence-electron chi connectivity index (χ2n) is 7.37. The van der Waals surface area contributed by atoms with Crippen molar-refractivity contribution in [2.45, 2.75) is 37.6 Å². The van der Waals surface area contributed by atoms with E-state index in [-0.39, 0.29) is 30.9 Å². The van der Waals surface area contributed by atoms with Gasteiger partial charge in [-0.05, 0) is 41.0 Å². The number of aliphatic carboxylic acids is 1. The molecule has 1 amide bonds. The molecule has 5 heteroatoms. The molecule has 1 fully saturated rings. The number of amides is 1. The zero-order valence-electron chi connectivity index (χ0n) is 15.1. The van der Waals surface area contributed by atoms with Crippen molar-refractivity contribution < 1.29 is 19.4 Å². The molecule has 2 aromatic rings. The Kier molecular flexibility index (Phi) is 4.84. The van der Waals surface area contributed by atoms with E-state index in [1.165, 1.54) is 22.3 Å². The van der Waals surface area contributed by atoms with Crippen LogP contribution < -0.4 is 5.32 Å². The molecule has 0 radical (unpaired) electrons. The number of hydrogen-bond donors (Lipinski definition) is 2. The van der Waals surface area contributed by atoms with E-state index in [0.717, 1.165) is 19.3 Å². The quantitative estimate of drug-likeness (QED) is 0.834. The summed E-state index contributed by atoms with van der Waals surface area (Å²) in [5.74, 6) is -0.800. The molecule has 4 rings (SSSR count). The van der Waals surface area contributed by atoms with Crippen molar-refractivity contribution in [2.24, 2.45) is 5.92 Å². The van der Waals surface area contributed by atoms with Gasteiger partial charge in [-0.15, -0.1) is 0 Å². The molecule has 5 nitrogen and oxygen atoms in total. The molecule has 0 aromatic heterocycles. The summed E-state index contributed by atoms with van der Waals surface area (Å²) in [6.45, 7) is 0.274. The summed E-state index contributed by atoms with van der Waals surface area (Å²) < 4.78 is 5.56. The third-order valence-corrected chi connectivity index (χ3v) is 5.74. The van der Waals surface area contributed by atoms with Crippen LogP contribution in [-0.4, -0.2) is 29.8 Å². The minimum absolute atomic E-state index is 0.0111. The average molecular weight is 365 g/mol. The molecule has 2 N–H and O–H groups in total. The molecule has 2 atom stereocenters. The number of carboxylic acid groups (broad SMARTS) is 1. The molecule has 2 unspecified atom stereocenters. The maximum absolute atomic E-state index is 12.3. The number of ether oxygens (including phenoxy) is 1. The molecule has 1 saturated carbocycles. The lowest BCUT2D eigenvalue weighted by Gasteiger charge is -2.20. The summed E-state index contributed by atoms with van der Waals surface area (Å²) in [5.41, 5.74) is 4.74. The predicted octanol–water partition coefficient (Wildman–Crippen LogP) is 4.17. The second kappa shape index (κ2) is 7.43. The van der Waals surface area contributed by atoms with Gasteiger partial charge in [0, 0.05) is 12.0 Å². The van der Waals surface area contributed by atoms with Gasteiger partial charge >= 0.3 is 12.1 Å². The first kappa shape index (κ1) is 17.6. The van der Waals surface area contributed by atoms with Gasteiger partial charge in [0.1, 0.15) is 6.61 Å². The van der Waals surface area contributed by atoms with Crippen LogP contribution in [0.4, 0.5) is 4.79 Å². The first-order valence-electron chi connectivity index (χ1n) is 9.47. The SMILES string of the molecule is O=C(O)CC1CCCC1NC(=O)OCC1c2ccccc2-c2ccccc21. The summed E-state index contributed by atoms with van der Waals surface area (Å²) in [6, 6.07) is 16.3. The molecule has 0 aliphatic heterocycles. The normalized spacial score (nSPS) is 20.7. The van der Waals surface area contributed by atoms with Gasteiger partial charge in [-0.3, -0.25) is 4.79 Å². The molecule has 0 heterocycles. The Labute approximate surface area is 158 Å². The van der Waals surface area contributed by atoms with Crippen LogP contribution in [0, 0.1) is 5.92 Å². The average Bonchev–Trinajstić information content (AvgIpc) is 3.22. The molecule has 0 bridgehead atoms. The zero-order chi connectivity index (χ0) is 18.8. The Bertz CT molecular complexity index is 817. The fraction of sp³-hybridized carbons (Fsp3) is 0.364. The Morgan fingerprint density at radius 2 is 1.63 bits per heavy atom. The standard InChI is InChI=1S/C22H23NO4/c24-21(25)12-14-6-5-11-20(14)23-22(26)27-13-19-17-9-3-1-7-15(17)16-8-2-4-10-18(16)19/h1-4,7-10,14,19-20H,5-6,11-13H2,(H,23,26)(H,24,25). The van der Waals surface area contributed by atoms with Gasteiger partial charge < -0.3 is 15.2 Å². The fourth-order valence-electron chi connectivity index (χ4n) is 4.49. The number of benzene rings is 2. The van der Waals surface area contributed by atoms with Crippen molar-refractivity contribution in [3.05, 3.63) is 59.7 Å². The number of rotatable bonds is 5. The van der Waals surface area contributed by atoms with Crippen LogP contribution in [0.1, 0.15) is 42.7 Å². The number of nitrogens with one attached hydrogen (secondary N) is 1. The first-order chi connectivity index (χ1) is 13.1. The molecule has 27 heavy (non-hydrogen) atoms. The van der Waals surface area contributed by atoms with E-state index < -0.39 is 12.1 Å². The highest BCUT2D eigenvalue weighted by Gasteiger charge is 2.32. The molecule has 2 aliphatic carbocycles. The maximum Gasteiger partial charge on any atom is 0.407 e. The van der Waals surface area contributed by atoms with Gasteiger partial charge in [0.25, 0.3) is 0 Å². The van der Waals surface area contributed by atoms with Gasteiger partial charge in [0.15, 0.2) is 0 Å². The van der Waals surface area contributed by atoms with E-state index in [1.807, 2.05) is 24.3 Å². The van der Waals surface area contributed by atoms with Crippen molar-refractivity contribution in [3.8, 4) is 11.1 Å². The monoisotopic (exact) mass is 365 g/mol. The maximum atomic E-state index is 12.3. The summed E-state index contributed by atoms with van der Waals surface area (Å²) in [5, 5.41) is 11.9. The zero-order valence-corrected chi connectivity index (χ0v) is 15.1. The highest BCUT2D eigenvalue weighted by Crippen LogP contribution is 2.44. The van der Waals surface area contributed by atoms with Crippen LogP contribution in [-0.2, 0) is 9.53 Å². The van der Waals surface area contributed by atoms with Crippen molar-refractivity contribution in [2.75, 3.05) is 6.61 Å². The van der Waals surface area contributed by atoms with Crippen LogP contribution in [0.15, 0.2) is 48.5 Å². The lowest BCUT2D eigenvalue weighted by atomic mass is 9.98. The lowest BCUT2D eigenvalue weighted by Crippen LogP contribution is -2.38. The van der Waals surface area contributed by atoms with Gasteiger partial charge in [0.05, 0.1) is 6.42 Å². The molecular formula is C22H23NO4. The van der Waals surface area contributed by atoms with Gasteiger partial charge in [0.2, 0.25) is 0 Å². The Hall–Kier alpha value is -2.82. The number of carboxylic acids is 1. The predicted molar refractivity (Wildman–Crippen MR) is 102 cm³/mol. The van der Waals surface area contributed by atoms with E-state index in [1.54, 1.807) is 0 Å². The largest absolute Gasteiger partial charge is 0.481 e. The van der Waals surface area contributed by atoms with Crippen molar-refractivity contribution >= 4 is 12.1 Å². The summed E-state index contributed by atoms with van der Waals surface area (Å²) in [4.78, 5) is 23.3. The molecule has 2 aromatic carbocycles. The van der Waals surface area contributed by atoms with E-state index in [9.17, 15) is 9.59 Å². The van der Waals surface area contributed by atoms with Crippen molar-refractivity contribution in [1.82, 2.24) is 5.32 Å². The summed E-state index contributed by atoms with van der Waals surface area (Å²) >= 11 is 0. The summed E-state index contributed by atoms with van der Waals surface area (Å²) in [6.07, 6.45) is 2.21. The van der Waals surface area contributed by atoms with Gasteiger partial charge in [-0.25, -0.2) is 4.79 Å². The van der Waals surface area contributed by atoms with Crippen molar-refractivity contribution in [3.63, 3.8) is 0 Å². The molecule has 140 valence electrons. The number of fused-ring (bicyclic) bond motifs is 3. The fourth-order valence-corrected chi connectivity index (χ4v) is 4.49. The van der Waals surface area contributed by atoms with Gasteiger partial charge in [-0.1, -0.05) is 55.0 Å². The third kappa shape index (κ3) is 3.54. The van der Waals surface area contributed by atoms with Crippen LogP contribution in [0.3, 0.4) is 0 Å². The van der Waals surface area contributed by atoms with E-state index >= 15 is 0 Å². The van der Waals surface area contributed by atoms with Crippen LogP contribution in [0.5, 0.6) is 0 Å². The minimum atomic E-state index is -0.818. The third-order valence-electron chi connectivity index (χ3n) is 5.74. The van der Waals surface area contributed by atoms with E-state index in [2.05, 4.69) is 29.6 Å². The molecule has 0 spiro atoms. The highest BCUT2D eigenvalue weighted by atomic mass is 16.5. The highest BCUT2D eigenvalue weighted by molar-refractivity contribution is 5.79.